The maximum Gasteiger partial charge on any atom is 0.0486 e. The van der Waals surface area contributed by atoms with Gasteiger partial charge in [0, 0.05) is 30.2 Å². The minimum absolute atomic E-state index is 0.913. The molecule has 0 aliphatic carbocycles. The van der Waals surface area contributed by atoms with Gasteiger partial charge < -0.3 is 9.88 Å². The van der Waals surface area contributed by atoms with E-state index in [1.54, 1.807) is 0 Å². The number of benzene rings is 1. The minimum Gasteiger partial charge on any atom is -0.343 e. The van der Waals surface area contributed by atoms with E-state index in [4.69, 9.17) is 0 Å². The zero-order valence-electron chi connectivity index (χ0n) is 10.7. The second-order valence-corrected chi connectivity index (χ2v) is 4.43. The number of aromatic nitrogens is 1. The van der Waals surface area contributed by atoms with Crippen LogP contribution in [-0.2, 0) is 13.1 Å². The zero-order valence-corrected chi connectivity index (χ0v) is 10.7. The van der Waals surface area contributed by atoms with Crippen LogP contribution in [0.3, 0.4) is 0 Å². The second-order valence-electron chi connectivity index (χ2n) is 4.43. The molecule has 0 bridgehead atoms. The summed E-state index contributed by atoms with van der Waals surface area (Å²) in [7, 11) is 1.98. The van der Waals surface area contributed by atoms with Crippen LogP contribution in [0.2, 0.25) is 0 Å². The predicted molar refractivity (Wildman–Crippen MR) is 74.1 cm³/mol. The van der Waals surface area contributed by atoms with E-state index in [1.807, 2.05) is 7.05 Å². The van der Waals surface area contributed by atoms with Crippen molar-refractivity contribution in [2.24, 2.45) is 0 Å². The highest BCUT2D eigenvalue weighted by Gasteiger charge is 2.05. The molecule has 1 heterocycles. The van der Waals surface area contributed by atoms with Gasteiger partial charge in [-0.2, -0.15) is 0 Å². The molecule has 0 saturated carbocycles. The van der Waals surface area contributed by atoms with Crippen molar-refractivity contribution >= 4 is 10.9 Å². The highest BCUT2D eigenvalue weighted by Crippen LogP contribution is 2.21. The van der Waals surface area contributed by atoms with Gasteiger partial charge in [-0.3, -0.25) is 0 Å². The zero-order chi connectivity index (χ0) is 12.3. The molecule has 1 aromatic carbocycles. The number of hydrogen-bond donors (Lipinski definition) is 1. The van der Waals surface area contributed by atoms with Gasteiger partial charge in [-0.1, -0.05) is 31.2 Å². The highest BCUT2D eigenvalue weighted by atomic mass is 15.0. The number of allylic oxidation sites excluding steroid dienone is 1. The summed E-state index contributed by atoms with van der Waals surface area (Å²) in [5.41, 5.74) is 3.92. The molecule has 2 heteroatoms. The van der Waals surface area contributed by atoms with E-state index < -0.39 is 0 Å². The molecular formula is C15H20N2. The lowest BCUT2D eigenvalue weighted by molar-refractivity contribution is 0.789. The van der Waals surface area contributed by atoms with Crippen molar-refractivity contribution in [1.29, 1.82) is 0 Å². The molecule has 0 radical (unpaired) electrons. The summed E-state index contributed by atoms with van der Waals surface area (Å²) in [6, 6.07) is 8.68. The van der Waals surface area contributed by atoms with Crippen molar-refractivity contribution in [2.45, 2.75) is 26.4 Å². The second kappa shape index (κ2) is 5.19. The molecular weight excluding hydrogens is 208 g/mol. The van der Waals surface area contributed by atoms with Crippen molar-refractivity contribution in [3.63, 3.8) is 0 Å². The van der Waals surface area contributed by atoms with Crippen LogP contribution in [0.1, 0.15) is 18.9 Å². The van der Waals surface area contributed by atoms with Crippen LogP contribution in [0.15, 0.2) is 42.6 Å². The third-order valence-electron chi connectivity index (χ3n) is 3.17. The highest BCUT2D eigenvalue weighted by molar-refractivity contribution is 5.83. The molecule has 17 heavy (non-hydrogen) atoms. The number of nitrogens with one attached hydrogen (secondary N) is 1. The fraction of sp³-hybridized carbons (Fsp3) is 0.333. The summed E-state index contributed by atoms with van der Waals surface area (Å²) in [6.45, 7) is 8.07. The fourth-order valence-corrected chi connectivity index (χ4v) is 2.12. The Morgan fingerprint density at radius 3 is 2.88 bits per heavy atom. The smallest absolute Gasteiger partial charge is 0.0486 e. The molecule has 0 fully saturated rings. The quantitative estimate of drug-likeness (QED) is 0.777. The molecule has 1 N–H and O–H groups in total. The molecule has 2 aromatic rings. The lowest BCUT2D eigenvalue weighted by Gasteiger charge is -2.08. The van der Waals surface area contributed by atoms with E-state index in [9.17, 15) is 0 Å². The summed E-state index contributed by atoms with van der Waals surface area (Å²) < 4.78 is 2.28. The van der Waals surface area contributed by atoms with Gasteiger partial charge in [0.25, 0.3) is 0 Å². The number of rotatable bonds is 5. The molecule has 1 aromatic heterocycles. The Balaban J connectivity index is 2.40. The van der Waals surface area contributed by atoms with E-state index in [-0.39, 0.29) is 0 Å². The van der Waals surface area contributed by atoms with E-state index in [0.29, 0.717) is 0 Å². The maximum absolute atomic E-state index is 4.08. The Bertz CT molecular complexity index is 523. The van der Waals surface area contributed by atoms with Gasteiger partial charge >= 0.3 is 0 Å². The lowest BCUT2D eigenvalue weighted by Crippen LogP contribution is -2.05. The van der Waals surface area contributed by atoms with Gasteiger partial charge in [-0.15, -0.1) is 0 Å². The van der Waals surface area contributed by atoms with Crippen LogP contribution in [0, 0.1) is 0 Å². The van der Waals surface area contributed by atoms with Gasteiger partial charge in [0.1, 0.15) is 0 Å². The van der Waals surface area contributed by atoms with Crippen LogP contribution in [-0.4, -0.2) is 11.6 Å². The van der Waals surface area contributed by atoms with Crippen LogP contribution in [0.4, 0.5) is 0 Å². The molecule has 0 unspecified atom stereocenters. The molecule has 0 spiro atoms. The molecule has 0 atom stereocenters. The van der Waals surface area contributed by atoms with Crippen LogP contribution in [0.5, 0.6) is 0 Å². The molecule has 90 valence electrons. The van der Waals surface area contributed by atoms with Gasteiger partial charge in [-0.05, 0) is 31.2 Å². The lowest BCUT2D eigenvalue weighted by atomic mass is 10.1. The normalized spacial score (nSPS) is 10.9. The van der Waals surface area contributed by atoms with Crippen LogP contribution >= 0.6 is 0 Å². The third kappa shape index (κ3) is 2.42. The van der Waals surface area contributed by atoms with Crippen LogP contribution in [0.25, 0.3) is 10.9 Å². The first kappa shape index (κ1) is 11.9. The number of hydrogen-bond acceptors (Lipinski definition) is 1. The predicted octanol–water partition coefficient (Wildman–Crippen LogP) is 3.33. The molecule has 0 saturated heterocycles. The summed E-state index contributed by atoms with van der Waals surface area (Å²) in [6.07, 6.45) is 3.19. The Hall–Kier alpha value is -1.54. The SMILES string of the molecule is C=C(CC)Cn1ccc2c(CNC)cccc21. The Morgan fingerprint density at radius 2 is 2.18 bits per heavy atom. The Morgan fingerprint density at radius 1 is 1.35 bits per heavy atom. The van der Waals surface area contributed by atoms with E-state index in [0.717, 1.165) is 19.5 Å². The van der Waals surface area contributed by atoms with Crippen LogP contribution < -0.4 is 5.32 Å². The van der Waals surface area contributed by atoms with E-state index in [1.165, 1.54) is 22.0 Å². The van der Waals surface area contributed by atoms with Crippen molar-refractivity contribution in [3.8, 4) is 0 Å². The first-order chi connectivity index (χ1) is 8.26. The molecule has 0 aliphatic heterocycles. The summed E-state index contributed by atoms with van der Waals surface area (Å²) in [5, 5.41) is 4.55. The van der Waals surface area contributed by atoms with Crippen molar-refractivity contribution in [1.82, 2.24) is 9.88 Å². The maximum atomic E-state index is 4.08. The number of nitrogens with zero attached hydrogens (tertiary/aromatic N) is 1. The molecule has 2 nitrogen and oxygen atoms in total. The average molecular weight is 228 g/mol. The first-order valence-electron chi connectivity index (χ1n) is 6.14. The monoisotopic (exact) mass is 228 g/mol. The first-order valence-corrected chi connectivity index (χ1v) is 6.14. The molecule has 2 rings (SSSR count). The van der Waals surface area contributed by atoms with Gasteiger partial charge in [-0.25, -0.2) is 0 Å². The summed E-state index contributed by atoms with van der Waals surface area (Å²) >= 11 is 0. The summed E-state index contributed by atoms with van der Waals surface area (Å²) in [5.74, 6) is 0. The van der Waals surface area contributed by atoms with Gasteiger partial charge in [0.2, 0.25) is 0 Å². The summed E-state index contributed by atoms with van der Waals surface area (Å²) in [4.78, 5) is 0. The topological polar surface area (TPSA) is 17.0 Å². The van der Waals surface area contributed by atoms with Gasteiger partial charge in [0.05, 0.1) is 0 Å². The van der Waals surface area contributed by atoms with Gasteiger partial charge in [0.15, 0.2) is 0 Å². The number of fused-ring (bicyclic) bond motifs is 1. The van der Waals surface area contributed by atoms with E-state index >= 15 is 0 Å². The van der Waals surface area contributed by atoms with Crippen molar-refractivity contribution in [3.05, 3.63) is 48.2 Å². The largest absolute Gasteiger partial charge is 0.343 e. The standard InChI is InChI=1S/C15H20N2/c1-4-12(2)11-17-9-8-14-13(10-16-3)6-5-7-15(14)17/h5-9,16H,2,4,10-11H2,1,3H3. The van der Waals surface area contributed by atoms with Crippen molar-refractivity contribution < 1.29 is 0 Å². The third-order valence-corrected chi connectivity index (χ3v) is 3.17. The Labute approximate surface area is 103 Å². The molecule has 0 aliphatic rings. The van der Waals surface area contributed by atoms with E-state index in [2.05, 4.69) is 53.8 Å². The average Bonchev–Trinajstić information content (AvgIpc) is 2.74. The minimum atomic E-state index is 0.913. The van der Waals surface area contributed by atoms with Crippen molar-refractivity contribution in [2.75, 3.05) is 7.05 Å². The Kier molecular flexibility index (Phi) is 3.64. The fourth-order valence-electron chi connectivity index (χ4n) is 2.12. The molecule has 0 amide bonds.